The first-order valence-electron chi connectivity index (χ1n) is 6.55. The van der Waals surface area contributed by atoms with Crippen LogP contribution in [0.5, 0.6) is 0 Å². The van der Waals surface area contributed by atoms with Gasteiger partial charge in [-0.15, -0.1) is 0 Å². The monoisotopic (exact) mass is 245 g/mol. The lowest BCUT2D eigenvalue weighted by molar-refractivity contribution is -0.126. The molecule has 4 heteroatoms. The predicted octanol–water partition coefficient (Wildman–Crippen LogP) is 1.25. The summed E-state index contributed by atoms with van der Waals surface area (Å²) in [6, 6.07) is 6.37. The molecule has 2 aliphatic rings. The number of nitrogens with zero attached hydrogens (tertiary/aromatic N) is 1. The van der Waals surface area contributed by atoms with Crippen LogP contribution in [0.25, 0.3) is 0 Å². The Hall–Kier alpha value is -1.55. The first-order chi connectivity index (χ1) is 8.63. The van der Waals surface area contributed by atoms with E-state index < -0.39 is 0 Å². The average Bonchev–Trinajstić information content (AvgIpc) is 3.05. The summed E-state index contributed by atoms with van der Waals surface area (Å²) in [6.45, 7) is 3.64. The smallest absolute Gasteiger partial charge is 0.237 e. The van der Waals surface area contributed by atoms with E-state index in [1.165, 1.54) is 11.1 Å². The zero-order valence-corrected chi connectivity index (χ0v) is 10.6. The first kappa shape index (κ1) is 11.5. The van der Waals surface area contributed by atoms with Crippen molar-refractivity contribution in [2.24, 2.45) is 0 Å². The molecule has 1 saturated carbocycles. The molecule has 96 valence electrons. The molecule has 1 aromatic carbocycles. The summed E-state index contributed by atoms with van der Waals surface area (Å²) in [6.07, 6.45) is 2.27. The van der Waals surface area contributed by atoms with E-state index in [2.05, 4.69) is 16.3 Å². The summed E-state index contributed by atoms with van der Waals surface area (Å²) < 4.78 is 0. The maximum atomic E-state index is 12.0. The lowest BCUT2D eigenvalue weighted by Gasteiger charge is -2.22. The highest BCUT2D eigenvalue weighted by Crippen LogP contribution is 2.27. The first-order valence-corrected chi connectivity index (χ1v) is 6.55. The molecule has 0 saturated heterocycles. The van der Waals surface area contributed by atoms with Gasteiger partial charge in [0.2, 0.25) is 5.91 Å². The number of carbonyl (C=O) groups is 1. The quantitative estimate of drug-likeness (QED) is 0.788. The number of hydrogen-bond acceptors (Lipinski definition) is 3. The number of nitrogens with two attached hydrogens (primary N) is 1. The Labute approximate surface area is 107 Å². The van der Waals surface area contributed by atoms with Gasteiger partial charge in [0.1, 0.15) is 0 Å². The highest BCUT2D eigenvalue weighted by atomic mass is 16.2. The van der Waals surface area contributed by atoms with E-state index >= 15 is 0 Å². The van der Waals surface area contributed by atoms with Crippen LogP contribution >= 0.6 is 0 Å². The van der Waals surface area contributed by atoms with Gasteiger partial charge in [-0.25, -0.2) is 0 Å². The molecular formula is C14H19N3O. The number of nitrogens with one attached hydrogen (secondary N) is 1. The van der Waals surface area contributed by atoms with Gasteiger partial charge in [0, 0.05) is 24.8 Å². The topological polar surface area (TPSA) is 58.4 Å². The molecule has 1 aliphatic heterocycles. The van der Waals surface area contributed by atoms with E-state index in [-0.39, 0.29) is 11.9 Å². The van der Waals surface area contributed by atoms with Gasteiger partial charge in [0.25, 0.3) is 0 Å². The van der Waals surface area contributed by atoms with Gasteiger partial charge in [-0.05, 0) is 43.0 Å². The van der Waals surface area contributed by atoms with Crippen LogP contribution in [0.15, 0.2) is 18.2 Å². The van der Waals surface area contributed by atoms with Crippen LogP contribution in [-0.4, -0.2) is 22.9 Å². The highest BCUT2D eigenvalue weighted by molar-refractivity contribution is 5.82. The lowest BCUT2D eigenvalue weighted by Crippen LogP contribution is -2.43. The average molecular weight is 245 g/mol. The zero-order valence-electron chi connectivity index (χ0n) is 10.6. The van der Waals surface area contributed by atoms with E-state index in [4.69, 9.17) is 5.73 Å². The summed E-state index contributed by atoms with van der Waals surface area (Å²) in [4.78, 5) is 14.2. The second-order valence-corrected chi connectivity index (χ2v) is 5.39. The largest absolute Gasteiger partial charge is 0.399 e. The Bertz CT molecular complexity index is 482. The van der Waals surface area contributed by atoms with Gasteiger partial charge in [0.15, 0.2) is 0 Å². The number of nitrogen functional groups attached to an aromatic ring is 1. The Morgan fingerprint density at radius 1 is 1.39 bits per heavy atom. The molecule has 0 radical (unpaired) electrons. The van der Waals surface area contributed by atoms with E-state index in [1.54, 1.807) is 0 Å². The molecule has 18 heavy (non-hydrogen) atoms. The van der Waals surface area contributed by atoms with E-state index in [0.717, 1.165) is 31.6 Å². The van der Waals surface area contributed by atoms with Gasteiger partial charge in [-0.1, -0.05) is 6.07 Å². The van der Waals surface area contributed by atoms with Crippen LogP contribution in [0.2, 0.25) is 0 Å². The third kappa shape index (κ3) is 2.20. The van der Waals surface area contributed by atoms with Crippen LogP contribution in [-0.2, 0) is 17.9 Å². The Balaban J connectivity index is 1.66. The van der Waals surface area contributed by atoms with E-state index in [1.807, 2.05) is 19.1 Å². The molecule has 1 atom stereocenters. The van der Waals surface area contributed by atoms with E-state index in [0.29, 0.717) is 6.04 Å². The molecule has 1 aliphatic carbocycles. The summed E-state index contributed by atoms with van der Waals surface area (Å²) in [5.74, 6) is 0.151. The van der Waals surface area contributed by atoms with Crippen molar-refractivity contribution in [2.45, 2.75) is 44.9 Å². The molecule has 1 aromatic rings. The fourth-order valence-electron chi connectivity index (χ4n) is 2.43. The van der Waals surface area contributed by atoms with E-state index in [9.17, 15) is 4.79 Å². The second kappa shape index (κ2) is 4.28. The number of rotatable bonds is 3. The zero-order chi connectivity index (χ0) is 12.7. The van der Waals surface area contributed by atoms with Gasteiger partial charge < -0.3 is 11.1 Å². The number of fused-ring (bicyclic) bond motifs is 1. The molecule has 0 spiro atoms. The Morgan fingerprint density at radius 2 is 2.11 bits per heavy atom. The summed E-state index contributed by atoms with van der Waals surface area (Å²) in [5.41, 5.74) is 9.12. The minimum Gasteiger partial charge on any atom is -0.399 e. The van der Waals surface area contributed by atoms with Gasteiger partial charge in [-0.2, -0.15) is 0 Å². The summed E-state index contributed by atoms with van der Waals surface area (Å²) in [7, 11) is 0. The Kier molecular flexibility index (Phi) is 2.74. The molecule has 1 fully saturated rings. The summed E-state index contributed by atoms with van der Waals surface area (Å²) in [5, 5.41) is 3.06. The second-order valence-electron chi connectivity index (χ2n) is 5.39. The third-order valence-electron chi connectivity index (χ3n) is 3.83. The molecule has 4 nitrogen and oxygen atoms in total. The number of hydrogen-bond donors (Lipinski definition) is 2. The fourth-order valence-corrected chi connectivity index (χ4v) is 2.43. The molecule has 1 amide bonds. The molecule has 0 aromatic heterocycles. The van der Waals surface area contributed by atoms with Crippen LogP contribution in [0.1, 0.15) is 30.9 Å². The molecule has 3 rings (SSSR count). The molecular weight excluding hydrogens is 226 g/mol. The normalized spacial score (nSPS) is 20.5. The number of amides is 1. The van der Waals surface area contributed by atoms with Crippen LogP contribution in [0.3, 0.4) is 0 Å². The van der Waals surface area contributed by atoms with Gasteiger partial charge in [0.05, 0.1) is 6.04 Å². The maximum absolute atomic E-state index is 12.0. The van der Waals surface area contributed by atoms with Crippen LogP contribution in [0, 0.1) is 0 Å². The standard InChI is InChI=1S/C14H19N3O/c1-9(14(18)16-13-4-5-13)17-7-10-2-3-12(15)6-11(10)8-17/h2-3,6,9,13H,4-5,7-8,15H2,1H3,(H,16,18). The van der Waals surface area contributed by atoms with Crippen molar-refractivity contribution in [3.05, 3.63) is 29.3 Å². The minimum absolute atomic E-state index is 0.0702. The van der Waals surface area contributed by atoms with Crippen LogP contribution < -0.4 is 11.1 Å². The van der Waals surface area contributed by atoms with Crippen molar-refractivity contribution in [3.63, 3.8) is 0 Å². The lowest BCUT2D eigenvalue weighted by atomic mass is 10.1. The van der Waals surface area contributed by atoms with Crippen molar-refractivity contribution in [2.75, 3.05) is 5.73 Å². The molecule has 3 N–H and O–H groups in total. The number of benzene rings is 1. The van der Waals surface area contributed by atoms with Gasteiger partial charge in [-0.3, -0.25) is 9.69 Å². The molecule has 1 unspecified atom stereocenters. The Morgan fingerprint density at radius 3 is 2.83 bits per heavy atom. The minimum atomic E-state index is -0.0702. The van der Waals surface area contributed by atoms with Crippen molar-refractivity contribution >= 4 is 11.6 Å². The maximum Gasteiger partial charge on any atom is 0.237 e. The van der Waals surface area contributed by atoms with Gasteiger partial charge >= 0.3 is 0 Å². The van der Waals surface area contributed by atoms with Crippen LogP contribution in [0.4, 0.5) is 5.69 Å². The number of anilines is 1. The number of carbonyl (C=O) groups excluding carboxylic acids is 1. The van der Waals surface area contributed by atoms with Crippen molar-refractivity contribution < 1.29 is 4.79 Å². The molecule has 0 bridgehead atoms. The van der Waals surface area contributed by atoms with Crippen molar-refractivity contribution in [3.8, 4) is 0 Å². The van der Waals surface area contributed by atoms with Crippen molar-refractivity contribution in [1.29, 1.82) is 0 Å². The SMILES string of the molecule is CC(C(=O)NC1CC1)N1Cc2ccc(N)cc2C1. The third-order valence-corrected chi connectivity index (χ3v) is 3.83. The molecule has 1 heterocycles. The summed E-state index contributed by atoms with van der Waals surface area (Å²) >= 11 is 0. The predicted molar refractivity (Wildman–Crippen MR) is 70.7 cm³/mol. The fraction of sp³-hybridized carbons (Fsp3) is 0.500. The highest BCUT2D eigenvalue weighted by Gasteiger charge is 2.31. The van der Waals surface area contributed by atoms with Crippen molar-refractivity contribution in [1.82, 2.24) is 10.2 Å².